The van der Waals surface area contributed by atoms with Crippen LogP contribution in [0.1, 0.15) is 17.5 Å². The number of hydrogen-bond donors (Lipinski definition) is 1. The summed E-state index contributed by atoms with van der Waals surface area (Å²) in [5, 5.41) is 10.8. The molecule has 0 spiro atoms. The maximum Gasteiger partial charge on any atom is 0.322 e. The first kappa shape index (κ1) is 16.8. The van der Waals surface area contributed by atoms with Crippen LogP contribution in [0.3, 0.4) is 0 Å². The fourth-order valence-corrected chi connectivity index (χ4v) is 2.56. The fraction of sp³-hybridized carbons (Fsp3) is 0.105. The van der Waals surface area contributed by atoms with E-state index < -0.39 is 5.91 Å². The molecule has 0 bridgehead atoms. The van der Waals surface area contributed by atoms with Crippen LogP contribution in [-0.4, -0.2) is 22.7 Å². The highest BCUT2D eigenvalue weighted by Gasteiger charge is 2.18. The van der Waals surface area contributed by atoms with Crippen LogP contribution in [0.25, 0.3) is 22.4 Å². The zero-order valence-electron chi connectivity index (χ0n) is 14.2. The summed E-state index contributed by atoms with van der Waals surface area (Å²) in [4.78, 5) is 12.4. The summed E-state index contributed by atoms with van der Waals surface area (Å²) >= 11 is 0. The number of halogens is 1. The normalized spacial score (nSPS) is 10.9. The van der Waals surface area contributed by atoms with Crippen LogP contribution in [0.2, 0.25) is 0 Å². The van der Waals surface area contributed by atoms with Crippen LogP contribution in [-0.2, 0) is 0 Å². The number of fused-ring (bicyclic) bond motifs is 1. The van der Waals surface area contributed by atoms with Gasteiger partial charge in [0.2, 0.25) is 5.89 Å². The lowest BCUT2D eigenvalue weighted by molar-refractivity contribution is 0.0995. The number of nitrogens with one attached hydrogen (secondary N) is 1. The molecule has 0 atom stereocenters. The van der Waals surface area contributed by atoms with Crippen LogP contribution < -0.4 is 10.1 Å². The molecule has 136 valence electrons. The number of nitrogens with zero attached hydrogens (tertiary/aromatic N) is 2. The SMILES string of the molecule is CCOc1cccc2cc(C(=O)Nc3nnc(-c4ccc(F)cc4)o3)oc12. The molecule has 1 N–H and O–H groups in total. The van der Waals surface area contributed by atoms with Crippen molar-refractivity contribution in [3.8, 4) is 17.2 Å². The summed E-state index contributed by atoms with van der Waals surface area (Å²) in [6.07, 6.45) is 0. The zero-order valence-corrected chi connectivity index (χ0v) is 14.2. The monoisotopic (exact) mass is 367 g/mol. The molecule has 0 aliphatic rings. The highest BCUT2D eigenvalue weighted by atomic mass is 19.1. The van der Waals surface area contributed by atoms with Crippen LogP contribution in [0, 0.1) is 5.82 Å². The molecule has 7 nitrogen and oxygen atoms in total. The number of ether oxygens (including phenoxy) is 1. The molecule has 0 fully saturated rings. The molecule has 2 heterocycles. The molecule has 1 amide bonds. The number of hydrogen-bond acceptors (Lipinski definition) is 6. The van der Waals surface area contributed by atoms with E-state index in [2.05, 4.69) is 15.5 Å². The van der Waals surface area contributed by atoms with Gasteiger partial charge in [-0.15, -0.1) is 5.10 Å². The van der Waals surface area contributed by atoms with Gasteiger partial charge in [0.15, 0.2) is 17.1 Å². The Hall–Kier alpha value is -3.68. The minimum atomic E-state index is -0.539. The third kappa shape index (κ3) is 3.37. The van der Waals surface area contributed by atoms with Gasteiger partial charge in [0.1, 0.15) is 5.82 Å². The van der Waals surface area contributed by atoms with E-state index in [9.17, 15) is 9.18 Å². The van der Waals surface area contributed by atoms with Gasteiger partial charge in [-0.05, 0) is 43.3 Å². The Labute approximate surface area is 152 Å². The van der Waals surface area contributed by atoms with E-state index in [4.69, 9.17) is 13.6 Å². The first-order chi connectivity index (χ1) is 13.1. The minimum Gasteiger partial charge on any atom is -0.490 e. The zero-order chi connectivity index (χ0) is 18.8. The van der Waals surface area contributed by atoms with Crippen LogP contribution >= 0.6 is 0 Å². The summed E-state index contributed by atoms with van der Waals surface area (Å²) in [6.45, 7) is 2.35. The van der Waals surface area contributed by atoms with Gasteiger partial charge in [0.05, 0.1) is 6.61 Å². The fourth-order valence-electron chi connectivity index (χ4n) is 2.56. The standard InChI is InChI=1S/C19H14FN3O4/c1-2-25-14-5-3-4-12-10-15(26-16(12)14)17(24)21-19-23-22-18(27-19)11-6-8-13(20)9-7-11/h3-10H,2H2,1H3,(H,21,23,24). The van der Waals surface area contributed by atoms with Gasteiger partial charge < -0.3 is 13.6 Å². The number of rotatable bonds is 5. The molecule has 8 heteroatoms. The predicted octanol–water partition coefficient (Wildman–Crippen LogP) is 4.27. The summed E-state index contributed by atoms with van der Waals surface area (Å²) in [5.74, 6) is -0.108. The van der Waals surface area contributed by atoms with Gasteiger partial charge in [-0.3, -0.25) is 10.1 Å². The van der Waals surface area contributed by atoms with Gasteiger partial charge in [-0.25, -0.2) is 4.39 Å². The second kappa shape index (κ2) is 6.91. The Morgan fingerprint density at radius 3 is 2.74 bits per heavy atom. The van der Waals surface area contributed by atoms with E-state index in [-0.39, 0.29) is 23.5 Å². The molecule has 0 radical (unpaired) electrons. The topological polar surface area (TPSA) is 90.4 Å². The largest absolute Gasteiger partial charge is 0.490 e. The number of carbonyl (C=O) groups excluding carboxylic acids is 1. The Kier molecular flexibility index (Phi) is 4.29. The van der Waals surface area contributed by atoms with Crippen molar-refractivity contribution in [2.75, 3.05) is 11.9 Å². The molecule has 4 aromatic rings. The van der Waals surface area contributed by atoms with Crippen molar-refractivity contribution in [2.24, 2.45) is 0 Å². The lowest BCUT2D eigenvalue weighted by Crippen LogP contribution is -2.10. The second-order valence-electron chi connectivity index (χ2n) is 5.59. The molecule has 0 saturated heterocycles. The van der Waals surface area contributed by atoms with Crippen molar-refractivity contribution >= 4 is 22.9 Å². The quantitative estimate of drug-likeness (QED) is 0.566. The van der Waals surface area contributed by atoms with E-state index in [0.29, 0.717) is 23.5 Å². The number of furan rings is 1. The maximum absolute atomic E-state index is 13.0. The number of aromatic nitrogens is 2. The summed E-state index contributed by atoms with van der Waals surface area (Å²) < 4.78 is 29.5. The molecule has 0 aliphatic carbocycles. The lowest BCUT2D eigenvalue weighted by Gasteiger charge is -2.02. The van der Waals surface area contributed by atoms with Gasteiger partial charge in [0.25, 0.3) is 5.91 Å². The Balaban J connectivity index is 1.55. The summed E-state index contributed by atoms with van der Waals surface area (Å²) in [5.41, 5.74) is 1.02. The number of benzene rings is 2. The maximum atomic E-state index is 13.0. The van der Waals surface area contributed by atoms with Crippen LogP contribution in [0.15, 0.2) is 57.4 Å². The summed E-state index contributed by atoms with van der Waals surface area (Å²) in [6, 6.07) is 12.5. The summed E-state index contributed by atoms with van der Waals surface area (Å²) in [7, 11) is 0. The van der Waals surface area contributed by atoms with Crippen molar-refractivity contribution < 1.29 is 22.8 Å². The van der Waals surface area contributed by atoms with Gasteiger partial charge in [-0.2, -0.15) is 0 Å². The van der Waals surface area contributed by atoms with Gasteiger partial charge in [0, 0.05) is 10.9 Å². The van der Waals surface area contributed by atoms with Crippen molar-refractivity contribution in [3.05, 3.63) is 60.1 Å². The third-order valence-corrected chi connectivity index (χ3v) is 3.77. The highest BCUT2D eigenvalue weighted by Crippen LogP contribution is 2.29. The van der Waals surface area contributed by atoms with Crippen molar-refractivity contribution in [2.45, 2.75) is 6.92 Å². The lowest BCUT2D eigenvalue weighted by atomic mass is 10.2. The van der Waals surface area contributed by atoms with E-state index >= 15 is 0 Å². The van der Waals surface area contributed by atoms with E-state index in [0.717, 1.165) is 5.39 Å². The molecular formula is C19H14FN3O4. The first-order valence-electron chi connectivity index (χ1n) is 8.20. The van der Waals surface area contributed by atoms with Gasteiger partial charge in [-0.1, -0.05) is 17.2 Å². The number of carbonyl (C=O) groups is 1. The minimum absolute atomic E-state index is 0.0821. The van der Waals surface area contributed by atoms with Crippen molar-refractivity contribution in [1.82, 2.24) is 10.2 Å². The Morgan fingerprint density at radius 1 is 1.15 bits per heavy atom. The van der Waals surface area contributed by atoms with E-state index in [1.807, 2.05) is 19.1 Å². The van der Waals surface area contributed by atoms with Crippen molar-refractivity contribution in [1.29, 1.82) is 0 Å². The molecular weight excluding hydrogens is 353 g/mol. The molecule has 0 aliphatic heterocycles. The molecule has 2 aromatic heterocycles. The third-order valence-electron chi connectivity index (χ3n) is 3.77. The number of anilines is 1. The van der Waals surface area contributed by atoms with Gasteiger partial charge >= 0.3 is 6.01 Å². The predicted molar refractivity (Wildman–Crippen MR) is 95.0 cm³/mol. The second-order valence-corrected chi connectivity index (χ2v) is 5.59. The van der Waals surface area contributed by atoms with E-state index in [1.54, 1.807) is 12.1 Å². The average Bonchev–Trinajstić information content (AvgIpc) is 3.30. The average molecular weight is 367 g/mol. The molecule has 2 aromatic carbocycles. The Morgan fingerprint density at radius 2 is 1.96 bits per heavy atom. The number of para-hydroxylation sites is 1. The van der Waals surface area contributed by atoms with Crippen LogP contribution in [0.5, 0.6) is 5.75 Å². The Bertz CT molecular complexity index is 1100. The number of amides is 1. The molecule has 0 unspecified atom stereocenters. The smallest absolute Gasteiger partial charge is 0.322 e. The van der Waals surface area contributed by atoms with E-state index in [1.165, 1.54) is 24.3 Å². The molecule has 4 rings (SSSR count). The first-order valence-corrected chi connectivity index (χ1v) is 8.20. The highest BCUT2D eigenvalue weighted by molar-refractivity contribution is 6.04. The van der Waals surface area contributed by atoms with Crippen LogP contribution in [0.4, 0.5) is 10.4 Å². The van der Waals surface area contributed by atoms with Crippen molar-refractivity contribution in [3.63, 3.8) is 0 Å². The molecule has 27 heavy (non-hydrogen) atoms. The molecule has 0 saturated carbocycles.